The van der Waals surface area contributed by atoms with Gasteiger partial charge in [-0.05, 0) is 30.8 Å². The second-order valence-electron chi connectivity index (χ2n) is 3.39. The van der Waals surface area contributed by atoms with Crippen LogP contribution in [0.5, 0.6) is 0 Å². The molecule has 2 aromatic rings. The van der Waals surface area contributed by atoms with E-state index in [1.807, 2.05) is 0 Å². The molecule has 0 bridgehead atoms. The van der Waals surface area contributed by atoms with Crippen LogP contribution in [0.4, 0.5) is 4.39 Å². The maximum Gasteiger partial charge on any atom is 0.251 e. The number of para-hydroxylation sites is 1. The van der Waals surface area contributed by atoms with Gasteiger partial charge >= 0.3 is 0 Å². The first-order valence-electron chi connectivity index (χ1n) is 4.67. The zero-order chi connectivity index (χ0) is 11.7. The molecule has 1 aromatic heterocycles. The van der Waals surface area contributed by atoms with Gasteiger partial charge in [0.05, 0.1) is 5.69 Å². The van der Waals surface area contributed by atoms with E-state index in [-0.39, 0.29) is 16.1 Å². The molecule has 1 N–H and O–H groups in total. The van der Waals surface area contributed by atoms with Gasteiger partial charge in [0.1, 0.15) is 5.82 Å². The number of rotatable bonds is 1. The Morgan fingerprint density at radius 1 is 1.38 bits per heavy atom. The molecule has 0 aliphatic heterocycles. The highest BCUT2D eigenvalue weighted by Gasteiger charge is 2.07. The van der Waals surface area contributed by atoms with Gasteiger partial charge in [-0.15, -0.1) is 0 Å². The van der Waals surface area contributed by atoms with E-state index >= 15 is 0 Å². The van der Waals surface area contributed by atoms with Gasteiger partial charge in [-0.25, -0.2) is 4.39 Å². The molecule has 0 spiro atoms. The number of nitrogens with one attached hydrogen (secondary N) is 1. The zero-order valence-corrected chi connectivity index (χ0v) is 9.34. The molecule has 0 radical (unpaired) electrons. The quantitative estimate of drug-likeness (QED) is 0.772. The number of nitrogens with zero attached hydrogens (tertiary/aromatic N) is 1. The lowest BCUT2D eigenvalue weighted by molar-refractivity contribution is 0.614. The summed E-state index contributed by atoms with van der Waals surface area (Å²) < 4.78 is 15.3. The average molecular weight is 236 g/mol. The fourth-order valence-corrected chi connectivity index (χ4v) is 1.77. The van der Waals surface area contributed by atoms with Crippen LogP contribution in [0.3, 0.4) is 0 Å². The lowest BCUT2D eigenvalue weighted by Crippen LogP contribution is -2.11. The summed E-state index contributed by atoms with van der Waals surface area (Å²) in [6.07, 6.45) is 1.46. The predicted octanol–water partition coefficient (Wildman–Crippen LogP) is 2.34. The Bertz CT molecular complexity index is 625. The minimum atomic E-state index is -0.372. The van der Waals surface area contributed by atoms with Crippen LogP contribution in [-0.2, 0) is 0 Å². The lowest BCUT2D eigenvalue weighted by atomic mass is 10.2. The molecule has 0 aliphatic rings. The molecule has 0 saturated heterocycles. The molecule has 3 nitrogen and oxygen atoms in total. The van der Waals surface area contributed by atoms with Crippen molar-refractivity contribution in [2.45, 2.75) is 6.92 Å². The van der Waals surface area contributed by atoms with Crippen LogP contribution in [0.1, 0.15) is 5.56 Å². The van der Waals surface area contributed by atoms with Crippen molar-refractivity contribution in [2.24, 2.45) is 0 Å². The SMILES string of the molecule is Cc1cccc(F)c1-n1ccc(=O)[nH]c1=S. The Labute approximate surface area is 96.2 Å². The standard InChI is InChI=1S/C11H9FN2OS/c1-7-3-2-4-8(12)10(7)14-6-5-9(15)13-11(14)16/h2-6H,1H3,(H,13,15,16). The second-order valence-corrected chi connectivity index (χ2v) is 3.77. The summed E-state index contributed by atoms with van der Waals surface area (Å²) in [5, 5.41) is 0. The van der Waals surface area contributed by atoms with Crippen molar-refractivity contribution in [3.63, 3.8) is 0 Å². The van der Waals surface area contributed by atoms with Crippen molar-refractivity contribution < 1.29 is 4.39 Å². The van der Waals surface area contributed by atoms with E-state index in [9.17, 15) is 9.18 Å². The number of hydrogen-bond acceptors (Lipinski definition) is 2. The van der Waals surface area contributed by atoms with E-state index in [1.165, 1.54) is 22.9 Å². The van der Waals surface area contributed by atoms with Gasteiger partial charge in [-0.2, -0.15) is 0 Å². The van der Waals surface area contributed by atoms with Crippen LogP contribution in [-0.4, -0.2) is 9.55 Å². The Hall–Kier alpha value is -1.75. The lowest BCUT2D eigenvalue weighted by Gasteiger charge is -2.10. The molecule has 1 heterocycles. The van der Waals surface area contributed by atoms with Gasteiger partial charge in [0, 0.05) is 12.3 Å². The fourth-order valence-electron chi connectivity index (χ4n) is 1.52. The average Bonchev–Trinajstić information content (AvgIpc) is 2.20. The molecule has 0 amide bonds. The molecular weight excluding hydrogens is 227 g/mol. The van der Waals surface area contributed by atoms with E-state index in [2.05, 4.69) is 4.98 Å². The topological polar surface area (TPSA) is 37.8 Å². The zero-order valence-electron chi connectivity index (χ0n) is 8.53. The molecule has 0 unspecified atom stereocenters. The summed E-state index contributed by atoms with van der Waals surface area (Å²) in [4.78, 5) is 13.5. The normalized spacial score (nSPS) is 10.4. The first kappa shape index (κ1) is 10.8. The van der Waals surface area contributed by atoms with Crippen LogP contribution in [0, 0.1) is 17.5 Å². The summed E-state index contributed by atoms with van der Waals surface area (Å²) in [6.45, 7) is 1.78. The van der Waals surface area contributed by atoms with E-state index < -0.39 is 0 Å². The number of halogens is 1. The number of aryl methyl sites for hydroxylation is 1. The van der Waals surface area contributed by atoms with Crippen LogP contribution >= 0.6 is 12.2 Å². The summed E-state index contributed by atoms with van der Waals surface area (Å²) >= 11 is 4.98. The van der Waals surface area contributed by atoms with Gasteiger partial charge in [0.15, 0.2) is 4.77 Å². The summed E-state index contributed by atoms with van der Waals surface area (Å²) in [5.74, 6) is -0.372. The molecule has 0 fully saturated rings. The number of aromatic amines is 1. The number of H-pyrrole nitrogens is 1. The summed E-state index contributed by atoms with van der Waals surface area (Å²) in [5.41, 5.74) is 0.821. The third-order valence-electron chi connectivity index (χ3n) is 2.25. The van der Waals surface area contributed by atoms with Gasteiger partial charge in [0.25, 0.3) is 5.56 Å². The van der Waals surface area contributed by atoms with Crippen LogP contribution in [0.15, 0.2) is 35.3 Å². The van der Waals surface area contributed by atoms with E-state index in [0.29, 0.717) is 5.69 Å². The van der Waals surface area contributed by atoms with Crippen LogP contribution < -0.4 is 5.56 Å². The summed E-state index contributed by atoms with van der Waals surface area (Å²) in [7, 11) is 0. The fraction of sp³-hybridized carbons (Fsp3) is 0.0909. The molecular formula is C11H9FN2OS. The van der Waals surface area contributed by atoms with Crippen molar-refractivity contribution in [1.29, 1.82) is 0 Å². The molecule has 2 rings (SSSR count). The van der Waals surface area contributed by atoms with Crippen molar-refractivity contribution in [1.82, 2.24) is 9.55 Å². The van der Waals surface area contributed by atoms with Gasteiger partial charge in [0.2, 0.25) is 0 Å². The Kier molecular flexibility index (Phi) is 2.70. The maximum absolute atomic E-state index is 13.7. The third-order valence-corrected chi connectivity index (χ3v) is 2.55. The molecule has 16 heavy (non-hydrogen) atoms. The van der Waals surface area contributed by atoms with Crippen molar-refractivity contribution >= 4 is 12.2 Å². The Morgan fingerprint density at radius 3 is 2.75 bits per heavy atom. The first-order valence-corrected chi connectivity index (χ1v) is 5.08. The first-order chi connectivity index (χ1) is 7.59. The van der Waals surface area contributed by atoms with Gasteiger partial charge in [-0.3, -0.25) is 14.3 Å². The number of hydrogen-bond donors (Lipinski definition) is 1. The second kappa shape index (κ2) is 4.02. The highest BCUT2D eigenvalue weighted by Crippen LogP contribution is 2.17. The highest BCUT2D eigenvalue weighted by atomic mass is 32.1. The molecule has 1 aromatic carbocycles. The van der Waals surface area contributed by atoms with Gasteiger partial charge < -0.3 is 0 Å². The molecule has 0 aliphatic carbocycles. The Balaban J connectivity index is 2.78. The number of benzene rings is 1. The summed E-state index contributed by atoms with van der Waals surface area (Å²) in [6, 6.07) is 6.08. The minimum Gasteiger partial charge on any atom is -0.299 e. The van der Waals surface area contributed by atoms with E-state index in [0.717, 1.165) is 5.56 Å². The van der Waals surface area contributed by atoms with Crippen LogP contribution in [0.2, 0.25) is 0 Å². The van der Waals surface area contributed by atoms with Crippen molar-refractivity contribution in [2.75, 3.05) is 0 Å². The largest absolute Gasteiger partial charge is 0.299 e. The molecule has 0 saturated carbocycles. The van der Waals surface area contributed by atoms with Gasteiger partial charge in [-0.1, -0.05) is 12.1 Å². The van der Waals surface area contributed by atoms with Crippen molar-refractivity contribution in [3.8, 4) is 5.69 Å². The van der Waals surface area contributed by atoms with E-state index in [4.69, 9.17) is 12.2 Å². The van der Waals surface area contributed by atoms with Crippen molar-refractivity contribution in [3.05, 3.63) is 57.0 Å². The monoisotopic (exact) mass is 236 g/mol. The highest BCUT2D eigenvalue weighted by molar-refractivity contribution is 7.71. The molecule has 5 heteroatoms. The maximum atomic E-state index is 13.7. The number of aromatic nitrogens is 2. The molecule has 82 valence electrons. The Morgan fingerprint density at radius 2 is 2.12 bits per heavy atom. The molecule has 0 atom stereocenters. The van der Waals surface area contributed by atoms with E-state index in [1.54, 1.807) is 19.1 Å². The van der Waals surface area contributed by atoms with Crippen LogP contribution in [0.25, 0.3) is 5.69 Å². The smallest absolute Gasteiger partial charge is 0.251 e. The minimum absolute atomic E-state index is 0.181. The third kappa shape index (κ3) is 1.81. The predicted molar refractivity (Wildman–Crippen MR) is 61.9 cm³/mol.